The summed E-state index contributed by atoms with van der Waals surface area (Å²) >= 11 is 5.75. The number of nitrogens with one attached hydrogen (secondary N) is 1. The molecular weight excluding hydrogens is 251 g/mol. The van der Waals surface area contributed by atoms with Crippen molar-refractivity contribution in [3.8, 4) is 0 Å². The second kappa shape index (κ2) is 5.89. The molecule has 1 heterocycles. The van der Waals surface area contributed by atoms with Crippen LogP contribution in [-0.4, -0.2) is 31.1 Å². The maximum absolute atomic E-state index is 13.7. The molecule has 4 heteroatoms. The Kier molecular flexibility index (Phi) is 4.46. The van der Waals surface area contributed by atoms with Gasteiger partial charge in [0.2, 0.25) is 0 Å². The summed E-state index contributed by atoms with van der Waals surface area (Å²) in [7, 11) is 2.14. The van der Waals surface area contributed by atoms with Crippen molar-refractivity contribution in [3.05, 3.63) is 29.0 Å². The maximum atomic E-state index is 13.7. The molecule has 0 radical (unpaired) electrons. The summed E-state index contributed by atoms with van der Waals surface area (Å²) in [5.74, 6) is 0.289. The van der Waals surface area contributed by atoms with Gasteiger partial charge in [0.1, 0.15) is 5.82 Å². The molecule has 1 aliphatic heterocycles. The van der Waals surface area contributed by atoms with E-state index in [0.717, 1.165) is 6.54 Å². The summed E-state index contributed by atoms with van der Waals surface area (Å²) in [6.45, 7) is 4.36. The van der Waals surface area contributed by atoms with Crippen LogP contribution in [0.4, 0.5) is 10.1 Å². The predicted molar refractivity (Wildman–Crippen MR) is 74.7 cm³/mol. The lowest BCUT2D eigenvalue weighted by Crippen LogP contribution is -2.40. The monoisotopic (exact) mass is 270 g/mol. The SMILES string of the molecule is CC(Nc1ccc(Cl)cc1F)C1CCCN(C)C1. The van der Waals surface area contributed by atoms with Crippen LogP contribution in [0.2, 0.25) is 5.02 Å². The lowest BCUT2D eigenvalue weighted by Gasteiger charge is -2.34. The summed E-state index contributed by atoms with van der Waals surface area (Å²) in [6.07, 6.45) is 2.42. The first-order valence-electron chi connectivity index (χ1n) is 6.46. The Morgan fingerprint density at radius 1 is 1.50 bits per heavy atom. The van der Waals surface area contributed by atoms with Gasteiger partial charge in [-0.2, -0.15) is 0 Å². The van der Waals surface area contributed by atoms with Crippen LogP contribution in [0.5, 0.6) is 0 Å². The van der Waals surface area contributed by atoms with Crippen LogP contribution in [0.15, 0.2) is 18.2 Å². The van der Waals surface area contributed by atoms with Gasteiger partial charge in [0.25, 0.3) is 0 Å². The molecule has 0 aliphatic carbocycles. The lowest BCUT2D eigenvalue weighted by atomic mass is 9.92. The van der Waals surface area contributed by atoms with Gasteiger partial charge in [0, 0.05) is 17.6 Å². The Morgan fingerprint density at radius 2 is 2.28 bits per heavy atom. The fraction of sp³-hybridized carbons (Fsp3) is 0.571. The summed E-state index contributed by atoms with van der Waals surface area (Å²) in [4.78, 5) is 2.34. The molecule has 1 aromatic carbocycles. The van der Waals surface area contributed by atoms with E-state index in [1.165, 1.54) is 25.5 Å². The van der Waals surface area contributed by atoms with Crippen molar-refractivity contribution >= 4 is 17.3 Å². The van der Waals surface area contributed by atoms with Crippen LogP contribution >= 0.6 is 11.6 Å². The molecule has 2 nitrogen and oxygen atoms in total. The Bertz CT molecular complexity index is 411. The largest absolute Gasteiger partial charge is 0.380 e. The average molecular weight is 271 g/mol. The van der Waals surface area contributed by atoms with Crippen LogP contribution in [0.1, 0.15) is 19.8 Å². The number of hydrogen-bond donors (Lipinski definition) is 1. The van der Waals surface area contributed by atoms with E-state index in [4.69, 9.17) is 11.6 Å². The van der Waals surface area contributed by atoms with Gasteiger partial charge in [-0.25, -0.2) is 4.39 Å². The molecule has 2 atom stereocenters. The third-order valence-corrected chi connectivity index (χ3v) is 3.92. The van der Waals surface area contributed by atoms with Gasteiger partial charge >= 0.3 is 0 Å². The Labute approximate surface area is 113 Å². The fourth-order valence-corrected chi connectivity index (χ4v) is 2.74. The van der Waals surface area contributed by atoms with Crippen molar-refractivity contribution in [1.29, 1.82) is 0 Å². The number of nitrogens with zero attached hydrogens (tertiary/aromatic N) is 1. The van der Waals surface area contributed by atoms with E-state index in [1.54, 1.807) is 12.1 Å². The molecule has 1 aromatic rings. The minimum Gasteiger partial charge on any atom is -0.380 e. The van der Waals surface area contributed by atoms with Gasteiger partial charge in [0.15, 0.2) is 0 Å². The standard InChI is InChI=1S/C14H20ClFN2/c1-10(11-4-3-7-18(2)9-11)17-14-6-5-12(15)8-13(14)16/h5-6,8,10-11,17H,3-4,7,9H2,1-2H3. The van der Waals surface area contributed by atoms with Crippen LogP contribution in [0.25, 0.3) is 0 Å². The first-order valence-corrected chi connectivity index (χ1v) is 6.84. The number of rotatable bonds is 3. The zero-order chi connectivity index (χ0) is 13.1. The molecular formula is C14H20ClFN2. The van der Waals surface area contributed by atoms with Crippen molar-refractivity contribution in [2.45, 2.75) is 25.8 Å². The van der Waals surface area contributed by atoms with Crippen molar-refractivity contribution in [2.24, 2.45) is 5.92 Å². The second-order valence-corrected chi connectivity index (χ2v) is 5.66. The Hall–Kier alpha value is -0.800. The third kappa shape index (κ3) is 3.36. The summed E-state index contributed by atoms with van der Waals surface area (Å²) in [6, 6.07) is 5.04. The summed E-state index contributed by atoms with van der Waals surface area (Å²) in [5, 5.41) is 3.70. The fourth-order valence-electron chi connectivity index (χ4n) is 2.58. The first-order chi connectivity index (χ1) is 8.56. The third-order valence-electron chi connectivity index (χ3n) is 3.68. The molecule has 100 valence electrons. The molecule has 1 N–H and O–H groups in total. The van der Waals surface area contributed by atoms with Gasteiger partial charge in [-0.3, -0.25) is 0 Å². The van der Waals surface area contributed by atoms with Crippen molar-refractivity contribution in [1.82, 2.24) is 4.90 Å². The molecule has 1 aliphatic rings. The van der Waals surface area contributed by atoms with Gasteiger partial charge < -0.3 is 10.2 Å². The van der Waals surface area contributed by atoms with Crippen molar-refractivity contribution in [2.75, 3.05) is 25.5 Å². The van der Waals surface area contributed by atoms with E-state index in [9.17, 15) is 4.39 Å². The minimum atomic E-state index is -0.279. The van der Waals surface area contributed by atoms with E-state index in [0.29, 0.717) is 16.6 Å². The topological polar surface area (TPSA) is 15.3 Å². The van der Waals surface area contributed by atoms with Gasteiger partial charge in [-0.1, -0.05) is 11.6 Å². The van der Waals surface area contributed by atoms with E-state index in [2.05, 4.69) is 24.2 Å². The smallest absolute Gasteiger partial charge is 0.147 e. The summed E-state index contributed by atoms with van der Waals surface area (Å²) < 4.78 is 13.7. The number of piperidine rings is 1. The normalized spacial score (nSPS) is 22.8. The molecule has 2 unspecified atom stereocenters. The number of halogens is 2. The number of hydrogen-bond acceptors (Lipinski definition) is 2. The minimum absolute atomic E-state index is 0.267. The van der Waals surface area contributed by atoms with E-state index >= 15 is 0 Å². The lowest BCUT2D eigenvalue weighted by molar-refractivity contribution is 0.197. The highest BCUT2D eigenvalue weighted by molar-refractivity contribution is 6.30. The number of likely N-dealkylation sites (tertiary alicyclic amines) is 1. The zero-order valence-corrected chi connectivity index (χ0v) is 11.7. The molecule has 0 saturated carbocycles. The summed E-state index contributed by atoms with van der Waals surface area (Å²) in [5.41, 5.74) is 0.542. The van der Waals surface area contributed by atoms with Crippen LogP contribution < -0.4 is 5.32 Å². The average Bonchev–Trinajstić information content (AvgIpc) is 2.32. The molecule has 1 fully saturated rings. The van der Waals surface area contributed by atoms with Gasteiger partial charge in [0.05, 0.1) is 5.69 Å². The molecule has 0 aromatic heterocycles. The molecule has 0 bridgehead atoms. The number of anilines is 1. The quantitative estimate of drug-likeness (QED) is 0.902. The van der Waals surface area contributed by atoms with Gasteiger partial charge in [-0.05, 0) is 57.5 Å². The molecule has 2 rings (SSSR count). The van der Waals surface area contributed by atoms with E-state index in [1.807, 2.05) is 0 Å². The maximum Gasteiger partial charge on any atom is 0.147 e. The highest BCUT2D eigenvalue weighted by Crippen LogP contribution is 2.24. The number of benzene rings is 1. The molecule has 0 amide bonds. The highest BCUT2D eigenvalue weighted by atomic mass is 35.5. The highest BCUT2D eigenvalue weighted by Gasteiger charge is 2.23. The Morgan fingerprint density at radius 3 is 2.94 bits per heavy atom. The van der Waals surface area contributed by atoms with Crippen LogP contribution in [0.3, 0.4) is 0 Å². The van der Waals surface area contributed by atoms with Gasteiger partial charge in [-0.15, -0.1) is 0 Å². The van der Waals surface area contributed by atoms with E-state index < -0.39 is 0 Å². The van der Waals surface area contributed by atoms with Crippen molar-refractivity contribution < 1.29 is 4.39 Å². The molecule has 1 saturated heterocycles. The second-order valence-electron chi connectivity index (χ2n) is 5.22. The predicted octanol–water partition coefficient (Wildman–Crippen LogP) is 3.62. The first kappa shape index (κ1) is 13.6. The van der Waals surface area contributed by atoms with Crippen LogP contribution in [-0.2, 0) is 0 Å². The molecule has 0 spiro atoms. The molecule has 18 heavy (non-hydrogen) atoms. The Balaban J connectivity index is 1.99. The van der Waals surface area contributed by atoms with E-state index in [-0.39, 0.29) is 11.9 Å². The van der Waals surface area contributed by atoms with Crippen molar-refractivity contribution in [3.63, 3.8) is 0 Å². The zero-order valence-electron chi connectivity index (χ0n) is 10.9. The van der Waals surface area contributed by atoms with Crippen LogP contribution in [0, 0.1) is 11.7 Å².